The van der Waals surface area contributed by atoms with Crippen LogP contribution in [-0.4, -0.2) is 20.0 Å². The van der Waals surface area contributed by atoms with Crippen LogP contribution in [0.4, 0.5) is 11.4 Å². The number of ketones is 1. The van der Waals surface area contributed by atoms with Crippen LogP contribution in [0.25, 0.3) is 0 Å². The number of Topliss-reactive ketones (excluding diaryl/α,β-unsaturated/α-hetero) is 1. The monoisotopic (exact) mass is 426 g/mol. The summed E-state index contributed by atoms with van der Waals surface area (Å²) in [5, 5.41) is 7.19. The molecule has 1 aliphatic heterocycles. The van der Waals surface area contributed by atoms with Crippen LogP contribution >= 0.6 is 0 Å². The summed E-state index contributed by atoms with van der Waals surface area (Å²) < 4.78 is 11.0. The van der Waals surface area contributed by atoms with E-state index in [1.807, 2.05) is 60.7 Å². The van der Waals surface area contributed by atoms with E-state index in [9.17, 15) is 4.79 Å². The molecule has 2 aliphatic rings. The fourth-order valence-corrected chi connectivity index (χ4v) is 4.74. The Morgan fingerprint density at radius 2 is 1.53 bits per heavy atom. The molecule has 5 nitrogen and oxygen atoms in total. The third kappa shape index (κ3) is 3.60. The van der Waals surface area contributed by atoms with Gasteiger partial charge in [-0.25, -0.2) is 0 Å². The molecule has 1 aliphatic carbocycles. The zero-order chi connectivity index (χ0) is 22.1. The van der Waals surface area contributed by atoms with Crippen molar-refractivity contribution >= 4 is 17.2 Å². The van der Waals surface area contributed by atoms with Crippen molar-refractivity contribution in [2.75, 3.05) is 24.9 Å². The van der Waals surface area contributed by atoms with Gasteiger partial charge in [0.05, 0.1) is 37.6 Å². The summed E-state index contributed by atoms with van der Waals surface area (Å²) >= 11 is 0. The van der Waals surface area contributed by atoms with E-state index in [-0.39, 0.29) is 23.7 Å². The number of allylic oxidation sites excluding steroid dienone is 1. The predicted octanol–water partition coefficient (Wildman–Crippen LogP) is 5.54. The highest BCUT2D eigenvalue weighted by molar-refractivity contribution is 5.90. The highest BCUT2D eigenvalue weighted by atomic mass is 16.5. The Morgan fingerprint density at radius 1 is 0.812 bits per heavy atom. The van der Waals surface area contributed by atoms with Crippen LogP contribution in [-0.2, 0) is 4.79 Å². The van der Waals surface area contributed by atoms with Gasteiger partial charge in [0.25, 0.3) is 0 Å². The van der Waals surface area contributed by atoms with E-state index < -0.39 is 0 Å². The van der Waals surface area contributed by atoms with E-state index in [4.69, 9.17) is 9.47 Å². The number of para-hydroxylation sites is 2. The molecule has 5 heteroatoms. The molecule has 3 aromatic carbocycles. The molecule has 1 heterocycles. The standard InChI is InChI=1S/C27H26N2O3/c1-31-24-13-12-18(16-25(24)32-2)27-26-22(28-20-10-6-7-11-21(20)29-27)14-19(15-23(26)30)17-8-4-3-5-9-17/h3-14,16,19,26-29H,15H2,1-2H3. The number of fused-ring (bicyclic) bond motifs is 2. The first kappa shape index (κ1) is 20.2. The van der Waals surface area contributed by atoms with E-state index in [0.717, 1.165) is 28.2 Å². The van der Waals surface area contributed by atoms with Gasteiger partial charge in [-0.15, -0.1) is 0 Å². The summed E-state index contributed by atoms with van der Waals surface area (Å²) in [5.74, 6) is 1.25. The zero-order valence-corrected chi connectivity index (χ0v) is 18.2. The summed E-state index contributed by atoms with van der Waals surface area (Å²) in [5.41, 5.74) is 5.00. The van der Waals surface area contributed by atoms with Crippen molar-refractivity contribution in [3.63, 3.8) is 0 Å². The van der Waals surface area contributed by atoms with E-state index in [1.54, 1.807) is 14.2 Å². The average Bonchev–Trinajstić information content (AvgIpc) is 3.01. The Bertz CT molecular complexity index is 1170. The second-order valence-electron chi connectivity index (χ2n) is 8.19. The van der Waals surface area contributed by atoms with Crippen LogP contribution in [0, 0.1) is 5.92 Å². The van der Waals surface area contributed by atoms with E-state index in [0.29, 0.717) is 17.9 Å². The Balaban J connectivity index is 1.62. The number of ether oxygens (including phenoxy) is 2. The first-order valence-corrected chi connectivity index (χ1v) is 10.8. The number of nitrogens with one attached hydrogen (secondary N) is 2. The highest BCUT2D eigenvalue weighted by Gasteiger charge is 2.40. The Hall–Kier alpha value is -3.73. The first-order valence-electron chi connectivity index (χ1n) is 10.8. The third-order valence-corrected chi connectivity index (χ3v) is 6.33. The van der Waals surface area contributed by atoms with Crippen molar-refractivity contribution in [1.29, 1.82) is 0 Å². The van der Waals surface area contributed by atoms with Gasteiger partial charge in [-0.2, -0.15) is 0 Å². The van der Waals surface area contributed by atoms with Gasteiger partial charge in [0.2, 0.25) is 0 Å². The van der Waals surface area contributed by atoms with E-state index in [2.05, 4.69) is 28.8 Å². The molecule has 0 fully saturated rings. The van der Waals surface area contributed by atoms with Crippen LogP contribution < -0.4 is 20.1 Å². The molecule has 0 aromatic heterocycles. The normalized spacial score (nSPS) is 21.8. The second-order valence-corrected chi connectivity index (χ2v) is 8.19. The van der Waals surface area contributed by atoms with Crippen molar-refractivity contribution in [2.24, 2.45) is 5.92 Å². The minimum atomic E-state index is -0.333. The molecule has 162 valence electrons. The molecular formula is C27H26N2O3. The molecular weight excluding hydrogens is 400 g/mol. The van der Waals surface area contributed by atoms with Crippen molar-refractivity contribution in [3.8, 4) is 11.5 Å². The maximum absolute atomic E-state index is 13.6. The topological polar surface area (TPSA) is 59.6 Å². The lowest BCUT2D eigenvalue weighted by Gasteiger charge is -2.32. The van der Waals surface area contributed by atoms with Gasteiger partial charge in [-0.3, -0.25) is 4.79 Å². The van der Waals surface area contributed by atoms with Crippen LogP contribution in [0.15, 0.2) is 84.6 Å². The number of benzene rings is 3. The fourth-order valence-electron chi connectivity index (χ4n) is 4.74. The molecule has 3 aromatic rings. The van der Waals surface area contributed by atoms with Gasteiger partial charge < -0.3 is 20.1 Å². The molecule has 0 amide bonds. The lowest BCUT2D eigenvalue weighted by atomic mass is 9.76. The summed E-state index contributed by atoms with van der Waals surface area (Å²) in [6.07, 6.45) is 2.70. The summed E-state index contributed by atoms with van der Waals surface area (Å²) in [6, 6.07) is 23.9. The highest BCUT2D eigenvalue weighted by Crippen LogP contribution is 2.45. The average molecular weight is 427 g/mol. The quantitative estimate of drug-likeness (QED) is 0.574. The minimum Gasteiger partial charge on any atom is -0.493 e. The molecule has 0 spiro atoms. The van der Waals surface area contributed by atoms with Gasteiger partial charge in [-0.1, -0.05) is 54.6 Å². The van der Waals surface area contributed by atoms with Crippen molar-refractivity contribution in [2.45, 2.75) is 18.4 Å². The number of hydrogen-bond acceptors (Lipinski definition) is 5. The number of anilines is 2. The fraction of sp³-hybridized carbons (Fsp3) is 0.222. The summed E-state index contributed by atoms with van der Waals surface area (Å²) in [6.45, 7) is 0. The molecule has 0 bridgehead atoms. The van der Waals surface area contributed by atoms with Gasteiger partial charge in [-0.05, 0) is 35.4 Å². The smallest absolute Gasteiger partial charge is 0.161 e. The first-order chi connectivity index (χ1) is 15.7. The molecule has 32 heavy (non-hydrogen) atoms. The molecule has 5 rings (SSSR count). The predicted molar refractivity (Wildman–Crippen MR) is 126 cm³/mol. The lowest BCUT2D eigenvalue weighted by Crippen LogP contribution is -2.33. The number of rotatable bonds is 4. The summed E-state index contributed by atoms with van der Waals surface area (Å²) in [7, 11) is 3.25. The van der Waals surface area contributed by atoms with Gasteiger partial charge in [0.15, 0.2) is 11.5 Å². The number of hydrogen-bond donors (Lipinski definition) is 2. The van der Waals surface area contributed by atoms with Gasteiger partial charge in [0, 0.05) is 18.0 Å². The molecule has 0 saturated heterocycles. The maximum atomic E-state index is 13.6. The van der Waals surface area contributed by atoms with Crippen molar-refractivity contribution in [3.05, 3.63) is 95.7 Å². The molecule has 3 unspecified atom stereocenters. The largest absolute Gasteiger partial charge is 0.493 e. The number of methoxy groups -OCH3 is 2. The SMILES string of the molecule is COc1ccc(C2Nc3ccccc3NC3=CC(c4ccccc4)CC(=O)C32)cc1OC. The molecule has 0 radical (unpaired) electrons. The second kappa shape index (κ2) is 8.42. The molecule has 3 atom stereocenters. The summed E-state index contributed by atoms with van der Waals surface area (Å²) in [4.78, 5) is 13.6. The Labute approximate surface area is 188 Å². The van der Waals surface area contributed by atoms with Crippen LogP contribution in [0.1, 0.15) is 29.5 Å². The Kier molecular flexibility index (Phi) is 5.31. The van der Waals surface area contributed by atoms with Crippen molar-refractivity contribution in [1.82, 2.24) is 0 Å². The number of carbonyl (C=O) groups is 1. The lowest BCUT2D eigenvalue weighted by molar-refractivity contribution is -0.122. The zero-order valence-electron chi connectivity index (χ0n) is 18.2. The number of carbonyl (C=O) groups excluding carboxylic acids is 1. The molecule has 2 N–H and O–H groups in total. The van der Waals surface area contributed by atoms with E-state index >= 15 is 0 Å². The van der Waals surface area contributed by atoms with Crippen LogP contribution in [0.2, 0.25) is 0 Å². The van der Waals surface area contributed by atoms with Crippen LogP contribution in [0.5, 0.6) is 11.5 Å². The minimum absolute atomic E-state index is 0.0544. The van der Waals surface area contributed by atoms with Crippen LogP contribution in [0.3, 0.4) is 0 Å². The van der Waals surface area contributed by atoms with Gasteiger partial charge >= 0.3 is 0 Å². The maximum Gasteiger partial charge on any atom is 0.161 e. The van der Waals surface area contributed by atoms with E-state index in [1.165, 1.54) is 0 Å². The molecule has 0 saturated carbocycles. The Morgan fingerprint density at radius 3 is 2.28 bits per heavy atom. The third-order valence-electron chi connectivity index (χ3n) is 6.33. The van der Waals surface area contributed by atoms with Crippen molar-refractivity contribution < 1.29 is 14.3 Å². The van der Waals surface area contributed by atoms with Gasteiger partial charge in [0.1, 0.15) is 5.78 Å².